The molecule has 0 aromatic rings. The Balaban J connectivity index is 2.86. The van der Waals surface area contributed by atoms with Crippen LogP contribution in [-0.2, 0) is 23.7 Å². The largest absolute Gasteiger partial charge is 0.411 e. The lowest BCUT2D eigenvalue weighted by Crippen LogP contribution is -2.13. The summed E-state index contributed by atoms with van der Waals surface area (Å²) in [6.45, 7) is 8.75. The van der Waals surface area contributed by atoms with Crippen LogP contribution in [0.3, 0.4) is 0 Å². The molecule has 0 saturated carbocycles. The minimum Gasteiger partial charge on any atom is -0.411 e. The summed E-state index contributed by atoms with van der Waals surface area (Å²) in [7, 11) is 0. The van der Waals surface area contributed by atoms with Gasteiger partial charge in [-0.2, -0.15) is 0 Å². The molecule has 0 aromatic carbocycles. The van der Waals surface area contributed by atoms with E-state index in [-0.39, 0.29) is 6.61 Å². The molecule has 0 aromatic heterocycles. The minimum absolute atomic E-state index is 0.0446. The maximum atomic E-state index is 8.45. The predicted octanol–water partition coefficient (Wildman–Crippen LogP) is -0.104. The first kappa shape index (κ1) is 17.8. The first-order chi connectivity index (χ1) is 8.91. The van der Waals surface area contributed by atoms with E-state index >= 15 is 0 Å². The molecule has 0 radical (unpaired) electrons. The highest BCUT2D eigenvalue weighted by atomic mass is 16.6. The molecule has 0 aliphatic heterocycles. The summed E-state index contributed by atoms with van der Waals surface area (Å²) in [5.74, 6) is 0. The van der Waals surface area contributed by atoms with Crippen molar-refractivity contribution in [2.45, 2.75) is 0 Å². The zero-order valence-corrected chi connectivity index (χ0v) is 11.0. The molecule has 18 heavy (non-hydrogen) atoms. The van der Waals surface area contributed by atoms with Crippen LogP contribution in [0, 0.1) is 6.92 Å². The maximum Gasteiger partial charge on any atom is 0.0701 e. The van der Waals surface area contributed by atoms with Crippen molar-refractivity contribution in [1.82, 2.24) is 0 Å². The maximum absolute atomic E-state index is 8.45. The Morgan fingerprint density at radius 2 is 0.889 bits per heavy atom. The Bertz CT molecular complexity index is 129. The highest BCUT2D eigenvalue weighted by molar-refractivity contribution is 4.36. The molecule has 0 heterocycles. The Kier molecular flexibility index (Phi) is 16.5. The SMILES string of the molecule is [CH2-]COCCOCCOCCOCCOCCO. The van der Waals surface area contributed by atoms with Gasteiger partial charge < -0.3 is 35.7 Å². The zero-order valence-electron chi connectivity index (χ0n) is 11.0. The van der Waals surface area contributed by atoms with Gasteiger partial charge in [-0.05, 0) is 0 Å². The van der Waals surface area contributed by atoms with Crippen molar-refractivity contribution in [2.24, 2.45) is 0 Å². The second kappa shape index (κ2) is 16.8. The Hall–Kier alpha value is -0.240. The Morgan fingerprint density at radius 3 is 1.22 bits per heavy atom. The van der Waals surface area contributed by atoms with E-state index in [0.29, 0.717) is 66.1 Å². The standard InChI is InChI=1S/C12H25O6/c1-2-14-5-6-16-9-10-18-12-11-17-8-7-15-4-3-13/h13H,1-12H2/q-1. The van der Waals surface area contributed by atoms with Crippen LogP contribution >= 0.6 is 0 Å². The molecule has 0 unspecified atom stereocenters. The van der Waals surface area contributed by atoms with Gasteiger partial charge in [-0.1, -0.05) is 6.61 Å². The first-order valence-electron chi connectivity index (χ1n) is 6.20. The second-order valence-electron chi connectivity index (χ2n) is 3.29. The third-order valence-electron chi connectivity index (χ3n) is 1.87. The predicted molar refractivity (Wildman–Crippen MR) is 66.5 cm³/mol. The van der Waals surface area contributed by atoms with Gasteiger partial charge in [0.05, 0.1) is 66.1 Å². The van der Waals surface area contributed by atoms with Crippen molar-refractivity contribution >= 4 is 0 Å². The molecule has 0 atom stereocenters. The molecule has 0 rings (SSSR count). The fourth-order valence-corrected chi connectivity index (χ4v) is 1.05. The number of ether oxygens (including phenoxy) is 5. The van der Waals surface area contributed by atoms with E-state index in [2.05, 4.69) is 6.92 Å². The Labute approximate surface area is 109 Å². The fourth-order valence-electron chi connectivity index (χ4n) is 1.05. The molecule has 6 nitrogen and oxygen atoms in total. The molecule has 0 bridgehead atoms. The summed E-state index contributed by atoms with van der Waals surface area (Å²) in [4.78, 5) is 0. The van der Waals surface area contributed by atoms with E-state index < -0.39 is 0 Å². The van der Waals surface area contributed by atoms with E-state index in [1.54, 1.807) is 0 Å². The first-order valence-corrected chi connectivity index (χ1v) is 6.20. The van der Waals surface area contributed by atoms with Gasteiger partial charge >= 0.3 is 0 Å². The molecule has 1 N–H and O–H groups in total. The van der Waals surface area contributed by atoms with Crippen molar-refractivity contribution < 1.29 is 28.8 Å². The van der Waals surface area contributed by atoms with Crippen molar-refractivity contribution in [3.8, 4) is 0 Å². The summed E-state index contributed by atoms with van der Waals surface area (Å²) in [5, 5.41) is 8.45. The minimum atomic E-state index is 0.0446. The number of rotatable bonds is 15. The van der Waals surface area contributed by atoms with Crippen LogP contribution in [0.15, 0.2) is 0 Å². The summed E-state index contributed by atoms with van der Waals surface area (Å²) in [6, 6.07) is 0. The molecule has 110 valence electrons. The van der Waals surface area contributed by atoms with E-state index in [0.717, 1.165) is 0 Å². The lowest BCUT2D eigenvalue weighted by atomic mass is 10.7. The third kappa shape index (κ3) is 15.8. The number of hydrogen-bond donors (Lipinski definition) is 1. The summed E-state index contributed by atoms with van der Waals surface area (Å²) >= 11 is 0. The highest BCUT2D eigenvalue weighted by Gasteiger charge is 1.92. The number of hydrogen-bond acceptors (Lipinski definition) is 6. The number of aliphatic hydroxyl groups excluding tert-OH is 1. The highest BCUT2D eigenvalue weighted by Crippen LogP contribution is 1.83. The van der Waals surface area contributed by atoms with Crippen LogP contribution < -0.4 is 0 Å². The van der Waals surface area contributed by atoms with E-state index in [1.807, 2.05) is 0 Å². The van der Waals surface area contributed by atoms with Crippen LogP contribution in [0.5, 0.6) is 0 Å². The van der Waals surface area contributed by atoms with Crippen LogP contribution in [0.1, 0.15) is 0 Å². The molecule has 0 aliphatic carbocycles. The van der Waals surface area contributed by atoms with Crippen molar-refractivity contribution in [2.75, 3.05) is 72.7 Å². The van der Waals surface area contributed by atoms with Crippen LogP contribution in [0.4, 0.5) is 0 Å². The monoisotopic (exact) mass is 265 g/mol. The lowest BCUT2D eigenvalue weighted by molar-refractivity contribution is -0.0119. The average molecular weight is 265 g/mol. The van der Waals surface area contributed by atoms with E-state index in [4.69, 9.17) is 28.8 Å². The van der Waals surface area contributed by atoms with Gasteiger partial charge in [-0.15, -0.1) is 0 Å². The quantitative estimate of drug-likeness (QED) is 0.329. The van der Waals surface area contributed by atoms with Crippen LogP contribution in [-0.4, -0.2) is 77.8 Å². The Morgan fingerprint density at radius 1 is 0.556 bits per heavy atom. The summed E-state index contributed by atoms with van der Waals surface area (Å²) in [5.41, 5.74) is 0. The molecule has 0 amide bonds. The van der Waals surface area contributed by atoms with Gasteiger partial charge in [0, 0.05) is 0 Å². The summed E-state index contributed by atoms with van der Waals surface area (Å²) in [6.07, 6.45) is 0. The second-order valence-corrected chi connectivity index (χ2v) is 3.29. The molecular weight excluding hydrogens is 240 g/mol. The molecule has 0 spiro atoms. The van der Waals surface area contributed by atoms with Gasteiger partial charge in [-0.25, -0.2) is 0 Å². The van der Waals surface area contributed by atoms with Crippen molar-refractivity contribution in [1.29, 1.82) is 0 Å². The molecular formula is C12H25O6-. The zero-order chi connectivity index (χ0) is 13.3. The van der Waals surface area contributed by atoms with E-state index in [1.165, 1.54) is 0 Å². The van der Waals surface area contributed by atoms with Gasteiger partial charge in [0.1, 0.15) is 0 Å². The van der Waals surface area contributed by atoms with Crippen LogP contribution in [0.25, 0.3) is 0 Å². The normalized spacial score (nSPS) is 11.0. The van der Waals surface area contributed by atoms with Crippen molar-refractivity contribution in [3.05, 3.63) is 6.92 Å². The fraction of sp³-hybridized carbons (Fsp3) is 0.917. The molecule has 0 saturated heterocycles. The topological polar surface area (TPSA) is 66.4 Å². The lowest BCUT2D eigenvalue weighted by Gasteiger charge is -2.07. The van der Waals surface area contributed by atoms with Gasteiger partial charge in [-0.3, -0.25) is 0 Å². The van der Waals surface area contributed by atoms with Crippen LogP contribution in [0.2, 0.25) is 0 Å². The van der Waals surface area contributed by atoms with Crippen molar-refractivity contribution in [3.63, 3.8) is 0 Å². The number of aliphatic hydroxyl groups is 1. The molecule has 0 aliphatic rings. The third-order valence-corrected chi connectivity index (χ3v) is 1.87. The van der Waals surface area contributed by atoms with Gasteiger partial charge in [0.15, 0.2) is 0 Å². The molecule has 6 heteroatoms. The van der Waals surface area contributed by atoms with E-state index in [9.17, 15) is 0 Å². The smallest absolute Gasteiger partial charge is 0.0701 e. The average Bonchev–Trinajstić information content (AvgIpc) is 2.39. The molecule has 0 fully saturated rings. The van der Waals surface area contributed by atoms with Gasteiger partial charge in [0.25, 0.3) is 0 Å². The summed E-state index contributed by atoms with van der Waals surface area (Å²) < 4.78 is 25.8. The van der Waals surface area contributed by atoms with Gasteiger partial charge in [0.2, 0.25) is 0 Å².